The second kappa shape index (κ2) is 7.17. The van der Waals surface area contributed by atoms with E-state index in [9.17, 15) is 8.78 Å². The molecule has 110 valence electrons. The first-order chi connectivity index (χ1) is 10.0. The first kappa shape index (κ1) is 15.4. The summed E-state index contributed by atoms with van der Waals surface area (Å²) in [6.07, 6.45) is 0. The maximum Gasteiger partial charge on any atom is 0.288 e. The summed E-state index contributed by atoms with van der Waals surface area (Å²) in [5.41, 5.74) is 2.46. The van der Waals surface area contributed by atoms with Crippen LogP contribution in [0.15, 0.2) is 63.7 Å². The van der Waals surface area contributed by atoms with E-state index in [1.807, 2.05) is 43.3 Å². The van der Waals surface area contributed by atoms with Gasteiger partial charge in [0.15, 0.2) is 0 Å². The molecule has 0 atom stereocenters. The molecule has 0 saturated heterocycles. The fourth-order valence-corrected chi connectivity index (χ4v) is 2.13. The van der Waals surface area contributed by atoms with Crippen molar-refractivity contribution in [3.05, 3.63) is 48.5 Å². The highest BCUT2D eigenvalue weighted by atomic mass is 32.2. The van der Waals surface area contributed by atoms with Crippen LogP contribution >= 0.6 is 11.8 Å². The fraction of sp³-hybridized carbons (Fsp3) is 0.200. The van der Waals surface area contributed by atoms with Crippen LogP contribution in [0.5, 0.6) is 0 Å². The van der Waals surface area contributed by atoms with Crippen molar-refractivity contribution in [1.82, 2.24) is 0 Å². The lowest BCUT2D eigenvalue weighted by molar-refractivity contribution is 0.252. The van der Waals surface area contributed by atoms with Crippen LogP contribution in [0.3, 0.4) is 0 Å². The number of rotatable bonds is 5. The predicted octanol–water partition coefficient (Wildman–Crippen LogP) is 5.48. The Morgan fingerprint density at radius 3 is 1.76 bits per heavy atom. The lowest BCUT2D eigenvalue weighted by Crippen LogP contribution is -2.07. The molecule has 0 spiro atoms. The molecule has 0 unspecified atom stereocenters. The van der Waals surface area contributed by atoms with E-state index < -0.39 is 5.76 Å². The molecule has 0 saturated carbocycles. The highest BCUT2D eigenvalue weighted by Gasteiger charge is 2.04. The molecule has 0 bridgehead atoms. The molecule has 2 aromatic rings. The third-order valence-electron chi connectivity index (χ3n) is 2.71. The first-order valence-electron chi connectivity index (χ1n) is 6.28. The Balaban J connectivity index is 2.03. The molecule has 0 aliphatic heterocycles. The molecule has 0 heterocycles. The number of benzene rings is 2. The van der Waals surface area contributed by atoms with Gasteiger partial charge in [0.05, 0.1) is 11.4 Å². The molecular formula is C15H15F2N3S. The van der Waals surface area contributed by atoms with Crippen molar-refractivity contribution in [2.24, 2.45) is 10.2 Å². The normalized spacial score (nSPS) is 11.3. The van der Waals surface area contributed by atoms with Gasteiger partial charge in [0.2, 0.25) is 0 Å². The number of anilines is 1. The number of hydrogen-bond acceptors (Lipinski definition) is 4. The molecule has 2 rings (SSSR count). The van der Waals surface area contributed by atoms with Crippen molar-refractivity contribution >= 4 is 28.8 Å². The van der Waals surface area contributed by atoms with E-state index in [1.54, 1.807) is 24.3 Å². The third kappa shape index (κ3) is 4.82. The molecule has 0 fully saturated rings. The summed E-state index contributed by atoms with van der Waals surface area (Å²) < 4.78 is 24.4. The minimum absolute atomic E-state index is 0.513. The van der Waals surface area contributed by atoms with Crippen LogP contribution in [0.1, 0.15) is 0 Å². The summed E-state index contributed by atoms with van der Waals surface area (Å²) in [4.78, 5) is 2.51. The van der Waals surface area contributed by atoms with Crippen molar-refractivity contribution < 1.29 is 8.78 Å². The summed E-state index contributed by atoms with van der Waals surface area (Å²) in [5, 5.41) is 8.20. The lowest BCUT2D eigenvalue weighted by Gasteiger charge is -2.11. The zero-order valence-electron chi connectivity index (χ0n) is 11.7. The highest BCUT2D eigenvalue weighted by Crippen LogP contribution is 2.27. The largest absolute Gasteiger partial charge is 0.378 e. The van der Waals surface area contributed by atoms with Crippen LogP contribution in [-0.4, -0.2) is 19.9 Å². The Morgan fingerprint density at radius 1 is 0.857 bits per heavy atom. The Hall–Kier alpha value is -1.95. The molecule has 0 amide bonds. The first-order valence-corrected chi connectivity index (χ1v) is 7.16. The molecule has 3 nitrogen and oxygen atoms in total. The number of hydrogen-bond donors (Lipinski definition) is 0. The van der Waals surface area contributed by atoms with Crippen molar-refractivity contribution in [2.75, 3.05) is 19.0 Å². The van der Waals surface area contributed by atoms with Gasteiger partial charge in [0.25, 0.3) is 5.76 Å². The van der Waals surface area contributed by atoms with Crippen molar-refractivity contribution in [3.63, 3.8) is 0 Å². The molecule has 0 aromatic heterocycles. The zero-order chi connectivity index (χ0) is 15.2. The number of halogens is 2. The number of nitrogens with zero attached hydrogens (tertiary/aromatic N) is 3. The molecule has 0 radical (unpaired) electrons. The van der Waals surface area contributed by atoms with Gasteiger partial charge >= 0.3 is 0 Å². The quantitative estimate of drug-likeness (QED) is 0.540. The van der Waals surface area contributed by atoms with Gasteiger partial charge in [-0.05, 0) is 48.5 Å². The molecule has 6 heteroatoms. The summed E-state index contributed by atoms with van der Waals surface area (Å²) in [7, 11) is 3.94. The van der Waals surface area contributed by atoms with E-state index in [0.29, 0.717) is 22.3 Å². The molecule has 21 heavy (non-hydrogen) atoms. The van der Waals surface area contributed by atoms with E-state index in [0.717, 1.165) is 11.4 Å². The van der Waals surface area contributed by atoms with E-state index in [2.05, 4.69) is 10.2 Å². The van der Waals surface area contributed by atoms with Crippen LogP contribution in [0.25, 0.3) is 0 Å². The maximum absolute atomic E-state index is 12.2. The Kier molecular flexibility index (Phi) is 5.27. The third-order valence-corrected chi connectivity index (χ3v) is 3.43. The molecule has 0 N–H and O–H groups in total. The van der Waals surface area contributed by atoms with Crippen LogP contribution in [0.4, 0.5) is 25.8 Å². The summed E-state index contributed by atoms with van der Waals surface area (Å²) in [6, 6.07) is 14.2. The second-order valence-corrected chi connectivity index (χ2v) is 5.55. The van der Waals surface area contributed by atoms with E-state index in [-0.39, 0.29) is 0 Å². The molecular weight excluding hydrogens is 292 g/mol. The van der Waals surface area contributed by atoms with Gasteiger partial charge in [-0.1, -0.05) is 11.8 Å². The van der Waals surface area contributed by atoms with Gasteiger partial charge < -0.3 is 4.90 Å². The second-order valence-electron chi connectivity index (χ2n) is 4.48. The Bertz CT molecular complexity index is 595. The van der Waals surface area contributed by atoms with Gasteiger partial charge in [-0.2, -0.15) is 19.0 Å². The standard InChI is InChI=1S/C15H15F2N3S/c1-20(2)13-7-3-11(4-8-13)18-19-12-5-9-14(10-6-12)21-15(16)17/h3-10,15H,1-2H3. The molecule has 2 aromatic carbocycles. The van der Waals surface area contributed by atoms with Gasteiger partial charge in [-0.15, -0.1) is 0 Å². The highest BCUT2D eigenvalue weighted by molar-refractivity contribution is 7.99. The molecule has 0 aliphatic carbocycles. The van der Waals surface area contributed by atoms with Gasteiger partial charge in [0.1, 0.15) is 0 Å². The predicted molar refractivity (Wildman–Crippen MR) is 83.2 cm³/mol. The fourth-order valence-electron chi connectivity index (χ4n) is 1.63. The zero-order valence-corrected chi connectivity index (χ0v) is 12.5. The van der Waals surface area contributed by atoms with Crippen LogP contribution < -0.4 is 4.90 Å². The van der Waals surface area contributed by atoms with Crippen molar-refractivity contribution in [1.29, 1.82) is 0 Å². The monoisotopic (exact) mass is 307 g/mol. The van der Waals surface area contributed by atoms with Gasteiger partial charge in [0, 0.05) is 24.7 Å². The van der Waals surface area contributed by atoms with Crippen LogP contribution in [0, 0.1) is 0 Å². The van der Waals surface area contributed by atoms with Crippen molar-refractivity contribution in [2.45, 2.75) is 10.7 Å². The molecule has 0 aliphatic rings. The summed E-state index contributed by atoms with van der Waals surface area (Å²) in [6.45, 7) is 0. The van der Waals surface area contributed by atoms with Crippen molar-refractivity contribution in [3.8, 4) is 0 Å². The smallest absolute Gasteiger partial charge is 0.288 e. The maximum atomic E-state index is 12.2. The van der Waals surface area contributed by atoms with E-state index in [1.165, 1.54) is 0 Å². The Labute approximate surface area is 126 Å². The van der Waals surface area contributed by atoms with Crippen LogP contribution in [-0.2, 0) is 0 Å². The SMILES string of the molecule is CN(C)c1ccc(N=Nc2ccc(SC(F)F)cc2)cc1. The number of alkyl halides is 2. The number of thioether (sulfide) groups is 1. The van der Waals surface area contributed by atoms with E-state index >= 15 is 0 Å². The summed E-state index contributed by atoms with van der Waals surface area (Å²) >= 11 is 0.516. The lowest BCUT2D eigenvalue weighted by atomic mass is 10.3. The Morgan fingerprint density at radius 2 is 1.33 bits per heavy atom. The minimum atomic E-state index is -2.41. The minimum Gasteiger partial charge on any atom is -0.378 e. The average molecular weight is 307 g/mol. The topological polar surface area (TPSA) is 28.0 Å². The summed E-state index contributed by atoms with van der Waals surface area (Å²) in [5.74, 6) is -2.41. The number of azo groups is 1. The van der Waals surface area contributed by atoms with Crippen LogP contribution in [0.2, 0.25) is 0 Å². The van der Waals surface area contributed by atoms with E-state index in [4.69, 9.17) is 0 Å². The van der Waals surface area contributed by atoms with Gasteiger partial charge in [-0.3, -0.25) is 0 Å². The average Bonchev–Trinajstić information content (AvgIpc) is 2.46. The van der Waals surface area contributed by atoms with Gasteiger partial charge in [-0.25, -0.2) is 0 Å².